The molecule has 0 heterocycles. The van der Waals surface area contributed by atoms with E-state index >= 15 is 0 Å². The summed E-state index contributed by atoms with van der Waals surface area (Å²) in [6.45, 7) is 1.94. The summed E-state index contributed by atoms with van der Waals surface area (Å²) < 4.78 is 34.2. The van der Waals surface area contributed by atoms with Crippen LogP contribution < -0.4 is 4.74 Å². The largest absolute Gasteiger partial charge is 0.422 e. The third-order valence-electron chi connectivity index (χ3n) is 3.30. The van der Waals surface area contributed by atoms with Crippen molar-refractivity contribution in [3.05, 3.63) is 59.6 Å². The highest BCUT2D eigenvalue weighted by molar-refractivity contribution is 7.86. The van der Waals surface area contributed by atoms with E-state index < -0.39 is 16.1 Å². The molecule has 0 saturated heterocycles. The maximum absolute atomic E-state index is 12.3. The average Bonchev–Trinajstić information content (AvgIpc) is 2.63. The molecule has 0 aromatic heterocycles. The van der Waals surface area contributed by atoms with Gasteiger partial charge in [-0.1, -0.05) is 48.3 Å². The molecule has 0 amide bonds. The summed E-state index contributed by atoms with van der Waals surface area (Å²) in [7, 11) is -4.16. The van der Waals surface area contributed by atoms with Crippen LogP contribution in [0.3, 0.4) is 0 Å². The van der Waals surface area contributed by atoms with Gasteiger partial charge in [0.1, 0.15) is 10.6 Å². The van der Waals surface area contributed by atoms with Crippen LogP contribution in [0.4, 0.5) is 0 Å². The van der Waals surface area contributed by atoms with Gasteiger partial charge in [0.2, 0.25) is 0 Å². The van der Waals surface area contributed by atoms with Gasteiger partial charge in [-0.15, -0.1) is 0 Å². The monoisotopic (exact) mass is 395 g/mol. The number of nitrogens with zero attached hydrogens (tertiary/aromatic N) is 1. The predicted molar refractivity (Wildman–Crippen MR) is 98.8 cm³/mol. The first-order valence-corrected chi connectivity index (χ1v) is 9.74. The summed E-state index contributed by atoms with van der Waals surface area (Å²) in [5, 5.41) is 3.94. The molecule has 2 aromatic rings. The third-order valence-corrected chi connectivity index (χ3v) is 4.68. The Kier molecular flexibility index (Phi) is 7.17. The molecule has 26 heavy (non-hydrogen) atoms. The van der Waals surface area contributed by atoms with Crippen LogP contribution in [-0.4, -0.2) is 20.1 Å². The van der Waals surface area contributed by atoms with Gasteiger partial charge in [0, 0.05) is 11.4 Å². The van der Waals surface area contributed by atoms with Crippen molar-refractivity contribution in [2.45, 2.75) is 31.1 Å². The number of carbonyl (C=O) groups excluding carboxylic acids is 1. The van der Waals surface area contributed by atoms with Crippen LogP contribution in [0, 0.1) is 0 Å². The number of esters is 1. The zero-order valence-electron chi connectivity index (χ0n) is 14.1. The van der Waals surface area contributed by atoms with Gasteiger partial charge in [-0.2, -0.15) is 8.42 Å². The molecule has 0 bridgehead atoms. The second-order valence-electron chi connectivity index (χ2n) is 5.33. The summed E-state index contributed by atoms with van der Waals surface area (Å²) in [6, 6.07) is 13.9. The van der Waals surface area contributed by atoms with E-state index in [1.165, 1.54) is 24.3 Å². The quantitative estimate of drug-likeness (QED) is 0.289. The fraction of sp³-hybridized carbons (Fsp3) is 0.222. The molecule has 0 aliphatic carbocycles. The number of unbranched alkanes of at least 4 members (excludes halogenated alkanes) is 1. The van der Waals surface area contributed by atoms with Crippen LogP contribution in [0.2, 0.25) is 5.02 Å². The summed E-state index contributed by atoms with van der Waals surface area (Å²) >= 11 is 5.74. The Morgan fingerprint density at radius 2 is 1.73 bits per heavy atom. The third kappa shape index (κ3) is 5.86. The normalized spacial score (nSPS) is 11.8. The Bertz CT molecular complexity index is 864. The number of oxime groups is 1. The number of hydrogen-bond donors (Lipinski definition) is 0. The van der Waals surface area contributed by atoms with E-state index in [4.69, 9.17) is 16.3 Å². The van der Waals surface area contributed by atoms with Gasteiger partial charge in [-0.3, -0.25) is 4.28 Å². The topological polar surface area (TPSA) is 82.0 Å². The smallest absolute Gasteiger partial charge is 0.361 e. The van der Waals surface area contributed by atoms with E-state index in [2.05, 4.69) is 9.44 Å². The molecule has 0 fully saturated rings. The van der Waals surface area contributed by atoms with E-state index in [1.54, 1.807) is 30.3 Å². The van der Waals surface area contributed by atoms with Crippen molar-refractivity contribution in [3.8, 4) is 5.75 Å². The van der Waals surface area contributed by atoms with E-state index in [9.17, 15) is 13.2 Å². The second kappa shape index (κ2) is 9.35. The molecule has 2 aromatic carbocycles. The number of halogens is 1. The molecule has 8 heteroatoms. The fourth-order valence-corrected chi connectivity index (χ4v) is 2.79. The molecule has 0 saturated carbocycles. The lowest BCUT2D eigenvalue weighted by Crippen LogP contribution is -2.21. The molecular weight excluding hydrogens is 378 g/mol. The lowest BCUT2D eigenvalue weighted by molar-refractivity contribution is -0.127. The molecule has 0 aliphatic rings. The summed E-state index contributed by atoms with van der Waals surface area (Å²) in [5.74, 6) is -0.418. The number of hydrogen-bond acceptors (Lipinski definition) is 6. The Hall–Kier alpha value is -2.38. The van der Waals surface area contributed by atoms with Crippen molar-refractivity contribution >= 4 is 33.4 Å². The van der Waals surface area contributed by atoms with E-state index in [1.807, 2.05) is 6.92 Å². The Balaban J connectivity index is 2.16. The first-order chi connectivity index (χ1) is 12.4. The van der Waals surface area contributed by atoms with Crippen LogP contribution in [0.1, 0.15) is 26.2 Å². The van der Waals surface area contributed by atoms with Gasteiger partial charge in [0.15, 0.2) is 5.71 Å². The lowest BCUT2D eigenvalue weighted by Gasteiger charge is -2.07. The summed E-state index contributed by atoms with van der Waals surface area (Å²) in [5.41, 5.74) is -0.103. The highest BCUT2D eigenvalue weighted by Crippen LogP contribution is 2.17. The van der Waals surface area contributed by atoms with Crippen LogP contribution >= 0.6 is 11.6 Å². The van der Waals surface area contributed by atoms with Gasteiger partial charge in [-0.25, -0.2) is 4.79 Å². The zero-order chi connectivity index (χ0) is 19.0. The molecule has 0 aliphatic heterocycles. The van der Waals surface area contributed by atoms with Crippen molar-refractivity contribution in [2.75, 3.05) is 0 Å². The Morgan fingerprint density at radius 3 is 2.35 bits per heavy atom. The molecular formula is C18H18ClNO5S. The molecule has 6 nitrogen and oxygen atoms in total. The summed E-state index contributed by atoms with van der Waals surface area (Å²) in [4.78, 5) is 12.2. The first-order valence-electron chi connectivity index (χ1n) is 7.95. The minimum absolute atomic E-state index is 0.103. The van der Waals surface area contributed by atoms with E-state index in [-0.39, 0.29) is 17.0 Å². The van der Waals surface area contributed by atoms with E-state index in [0.717, 1.165) is 6.42 Å². The average molecular weight is 396 g/mol. The maximum atomic E-state index is 12.3. The fourth-order valence-electron chi connectivity index (χ4n) is 1.92. The number of para-hydroxylation sites is 1. The number of carbonyl (C=O) groups is 1. The molecule has 0 unspecified atom stereocenters. The highest BCUT2D eigenvalue weighted by atomic mass is 35.5. The first kappa shape index (κ1) is 19.9. The van der Waals surface area contributed by atoms with Crippen molar-refractivity contribution in [1.29, 1.82) is 0 Å². The van der Waals surface area contributed by atoms with E-state index in [0.29, 0.717) is 17.2 Å². The Morgan fingerprint density at radius 1 is 1.08 bits per heavy atom. The number of rotatable bonds is 8. The van der Waals surface area contributed by atoms with Crippen LogP contribution in [-0.2, 0) is 19.2 Å². The van der Waals surface area contributed by atoms with Gasteiger partial charge >= 0.3 is 16.1 Å². The van der Waals surface area contributed by atoms with Gasteiger partial charge in [0.05, 0.1) is 0 Å². The SMILES string of the molecule is CCCCC(=NOS(=O)(=O)c1ccc(Cl)cc1)C(=O)Oc1ccccc1. The second-order valence-corrected chi connectivity index (χ2v) is 7.29. The van der Waals surface area contributed by atoms with Crippen molar-refractivity contribution in [3.63, 3.8) is 0 Å². The molecule has 0 spiro atoms. The van der Waals surface area contributed by atoms with Gasteiger partial charge in [-0.05, 0) is 42.8 Å². The van der Waals surface area contributed by atoms with Gasteiger partial charge < -0.3 is 4.74 Å². The zero-order valence-corrected chi connectivity index (χ0v) is 15.7. The highest BCUT2D eigenvalue weighted by Gasteiger charge is 2.20. The molecule has 0 atom stereocenters. The standard InChI is InChI=1S/C18H18ClNO5S/c1-2-3-9-17(18(21)24-15-7-5-4-6-8-15)20-25-26(22,23)16-12-10-14(19)11-13-16/h4-8,10-13H,2-3,9H2,1H3. The van der Waals surface area contributed by atoms with Gasteiger partial charge in [0.25, 0.3) is 0 Å². The lowest BCUT2D eigenvalue weighted by atomic mass is 10.2. The number of ether oxygens (including phenoxy) is 1. The molecule has 0 N–H and O–H groups in total. The van der Waals surface area contributed by atoms with Crippen LogP contribution in [0.15, 0.2) is 64.6 Å². The van der Waals surface area contributed by atoms with Crippen molar-refractivity contribution in [1.82, 2.24) is 0 Å². The Labute approximate surface area is 157 Å². The van der Waals surface area contributed by atoms with Crippen LogP contribution in [0.5, 0.6) is 5.75 Å². The molecule has 2 rings (SSSR count). The minimum atomic E-state index is -4.16. The predicted octanol–water partition coefficient (Wildman–Crippen LogP) is 4.20. The van der Waals surface area contributed by atoms with Crippen molar-refractivity contribution < 1.29 is 22.2 Å². The number of benzene rings is 2. The maximum Gasteiger partial charge on any atom is 0.361 e. The summed E-state index contributed by atoms with van der Waals surface area (Å²) in [6.07, 6.45) is 1.66. The molecule has 138 valence electrons. The van der Waals surface area contributed by atoms with Crippen LogP contribution in [0.25, 0.3) is 0 Å². The molecule has 0 radical (unpaired) electrons. The van der Waals surface area contributed by atoms with Crippen molar-refractivity contribution in [2.24, 2.45) is 5.16 Å². The minimum Gasteiger partial charge on any atom is -0.422 e.